The van der Waals surface area contributed by atoms with E-state index in [4.69, 9.17) is 9.47 Å². The number of hydrogen-bond acceptors (Lipinski definition) is 3. The van der Waals surface area contributed by atoms with Gasteiger partial charge in [-0.1, -0.05) is 15.9 Å². The van der Waals surface area contributed by atoms with Crippen molar-refractivity contribution in [2.75, 3.05) is 19.7 Å². The Bertz CT molecular complexity index is 439. The summed E-state index contributed by atoms with van der Waals surface area (Å²) in [7, 11) is 0. The lowest BCUT2D eigenvalue weighted by atomic mass is 10.1. The maximum Gasteiger partial charge on any atom is 0.128 e. The molecule has 19 heavy (non-hydrogen) atoms. The molecule has 2 rings (SSSR count). The molecule has 106 valence electrons. The number of halogens is 2. The molecule has 1 atom stereocenters. The molecule has 1 aromatic carbocycles. The van der Waals surface area contributed by atoms with Crippen LogP contribution in [0.1, 0.15) is 19.4 Å². The number of rotatable bonds is 4. The standard InChI is InChI=1S/C14H19BrFNO2/c1-14(2)9-17-6-12(19-14)8-18-7-10-5-11(15)3-4-13(10)16/h3-5,12,17H,6-9H2,1-2H3. The van der Waals surface area contributed by atoms with E-state index in [1.165, 1.54) is 6.07 Å². The second kappa shape index (κ2) is 6.31. The highest BCUT2D eigenvalue weighted by Gasteiger charge is 2.28. The number of hydrogen-bond donors (Lipinski definition) is 1. The second-order valence-electron chi connectivity index (χ2n) is 5.38. The topological polar surface area (TPSA) is 30.5 Å². The van der Waals surface area contributed by atoms with Crippen LogP contribution in [0.15, 0.2) is 22.7 Å². The Labute approximate surface area is 121 Å². The van der Waals surface area contributed by atoms with Gasteiger partial charge in [-0.25, -0.2) is 4.39 Å². The van der Waals surface area contributed by atoms with Crippen molar-refractivity contribution in [3.8, 4) is 0 Å². The Balaban J connectivity index is 1.81. The molecule has 0 bridgehead atoms. The van der Waals surface area contributed by atoms with Gasteiger partial charge in [-0.2, -0.15) is 0 Å². The van der Waals surface area contributed by atoms with Crippen LogP contribution in [0.25, 0.3) is 0 Å². The number of morpholine rings is 1. The van der Waals surface area contributed by atoms with Crippen LogP contribution in [0.4, 0.5) is 4.39 Å². The molecule has 3 nitrogen and oxygen atoms in total. The Kier molecular flexibility index (Phi) is 4.95. The Hall–Kier alpha value is -0.490. The van der Waals surface area contributed by atoms with Gasteiger partial charge in [0, 0.05) is 23.1 Å². The van der Waals surface area contributed by atoms with Gasteiger partial charge < -0.3 is 14.8 Å². The second-order valence-corrected chi connectivity index (χ2v) is 6.30. The maximum absolute atomic E-state index is 13.5. The molecule has 0 amide bonds. The van der Waals surface area contributed by atoms with Crippen LogP contribution in [-0.4, -0.2) is 31.4 Å². The van der Waals surface area contributed by atoms with Gasteiger partial charge >= 0.3 is 0 Å². The summed E-state index contributed by atoms with van der Waals surface area (Å²) >= 11 is 3.32. The van der Waals surface area contributed by atoms with Gasteiger partial charge in [0.05, 0.1) is 24.9 Å². The average molecular weight is 332 g/mol. The summed E-state index contributed by atoms with van der Waals surface area (Å²) in [5.74, 6) is -0.244. The third kappa shape index (κ3) is 4.53. The Morgan fingerprint density at radius 3 is 3.05 bits per heavy atom. The normalized spacial score (nSPS) is 22.4. The number of ether oxygens (including phenoxy) is 2. The van der Waals surface area contributed by atoms with E-state index >= 15 is 0 Å². The minimum atomic E-state index is -0.244. The summed E-state index contributed by atoms with van der Waals surface area (Å²) in [5.41, 5.74) is 0.380. The molecular formula is C14H19BrFNO2. The van der Waals surface area contributed by atoms with E-state index in [1.807, 2.05) is 13.8 Å². The lowest BCUT2D eigenvalue weighted by molar-refractivity contribution is -0.122. The summed E-state index contributed by atoms with van der Waals surface area (Å²) in [5, 5.41) is 3.31. The van der Waals surface area contributed by atoms with Crippen LogP contribution < -0.4 is 5.32 Å². The van der Waals surface area contributed by atoms with Crippen molar-refractivity contribution < 1.29 is 13.9 Å². The molecule has 0 aliphatic carbocycles. The molecule has 0 spiro atoms. The molecule has 1 aliphatic heterocycles. The van der Waals surface area contributed by atoms with Gasteiger partial charge in [0.25, 0.3) is 0 Å². The highest BCUT2D eigenvalue weighted by Crippen LogP contribution is 2.18. The van der Waals surface area contributed by atoms with Gasteiger partial charge in [-0.05, 0) is 32.0 Å². The largest absolute Gasteiger partial charge is 0.374 e. The average Bonchev–Trinajstić information content (AvgIpc) is 2.32. The van der Waals surface area contributed by atoms with Crippen LogP contribution in [0.5, 0.6) is 0 Å². The van der Waals surface area contributed by atoms with Crippen molar-refractivity contribution in [1.82, 2.24) is 5.32 Å². The van der Waals surface area contributed by atoms with Crippen LogP contribution in [-0.2, 0) is 16.1 Å². The molecule has 1 aliphatic rings. The summed E-state index contributed by atoms with van der Waals surface area (Å²) < 4.78 is 25.8. The molecule has 0 saturated carbocycles. The summed E-state index contributed by atoms with van der Waals surface area (Å²) in [4.78, 5) is 0. The van der Waals surface area contributed by atoms with E-state index < -0.39 is 0 Å². The van der Waals surface area contributed by atoms with Gasteiger partial charge in [0.15, 0.2) is 0 Å². The first kappa shape index (κ1) is 14.9. The van der Waals surface area contributed by atoms with Crippen molar-refractivity contribution in [2.24, 2.45) is 0 Å². The molecular weight excluding hydrogens is 313 g/mol. The Morgan fingerprint density at radius 2 is 2.32 bits per heavy atom. The zero-order chi connectivity index (χ0) is 13.9. The SMILES string of the molecule is CC1(C)CNCC(COCc2cc(Br)ccc2F)O1. The van der Waals surface area contributed by atoms with Crippen molar-refractivity contribution in [2.45, 2.75) is 32.2 Å². The fourth-order valence-corrected chi connectivity index (χ4v) is 2.52. The summed E-state index contributed by atoms with van der Waals surface area (Å²) in [6.07, 6.45) is 0.0129. The molecule has 0 aromatic heterocycles. The van der Waals surface area contributed by atoms with Gasteiger partial charge in [-0.3, -0.25) is 0 Å². The van der Waals surface area contributed by atoms with E-state index in [0.717, 1.165) is 17.6 Å². The summed E-state index contributed by atoms with van der Waals surface area (Å²) in [6.45, 7) is 6.41. The number of nitrogens with one attached hydrogen (secondary N) is 1. The van der Waals surface area contributed by atoms with Gasteiger partial charge in [-0.15, -0.1) is 0 Å². The molecule has 1 N–H and O–H groups in total. The van der Waals surface area contributed by atoms with E-state index in [2.05, 4.69) is 21.2 Å². The molecule has 1 heterocycles. The monoisotopic (exact) mass is 331 g/mol. The Morgan fingerprint density at radius 1 is 1.53 bits per heavy atom. The maximum atomic E-state index is 13.5. The van der Waals surface area contributed by atoms with Crippen molar-refractivity contribution in [1.29, 1.82) is 0 Å². The van der Waals surface area contributed by atoms with Crippen molar-refractivity contribution in [3.05, 3.63) is 34.1 Å². The first-order valence-electron chi connectivity index (χ1n) is 6.36. The molecule has 1 saturated heterocycles. The predicted octanol–water partition coefficient (Wildman–Crippen LogP) is 2.87. The highest BCUT2D eigenvalue weighted by molar-refractivity contribution is 9.10. The highest BCUT2D eigenvalue weighted by atomic mass is 79.9. The van der Waals surface area contributed by atoms with E-state index in [1.54, 1.807) is 12.1 Å². The van der Waals surface area contributed by atoms with Crippen LogP contribution >= 0.6 is 15.9 Å². The first-order valence-corrected chi connectivity index (χ1v) is 7.16. The van der Waals surface area contributed by atoms with Gasteiger partial charge in [0.2, 0.25) is 0 Å². The third-order valence-electron chi connectivity index (χ3n) is 2.98. The fraction of sp³-hybridized carbons (Fsp3) is 0.571. The molecule has 5 heteroatoms. The zero-order valence-corrected chi connectivity index (χ0v) is 12.8. The smallest absolute Gasteiger partial charge is 0.128 e. The van der Waals surface area contributed by atoms with E-state index in [9.17, 15) is 4.39 Å². The number of benzene rings is 1. The van der Waals surface area contributed by atoms with Crippen LogP contribution in [0.2, 0.25) is 0 Å². The quantitative estimate of drug-likeness (QED) is 0.920. The molecule has 1 aromatic rings. The lowest BCUT2D eigenvalue weighted by Gasteiger charge is -2.36. The fourth-order valence-electron chi connectivity index (χ4n) is 2.12. The van der Waals surface area contributed by atoms with Gasteiger partial charge in [0.1, 0.15) is 5.82 Å². The minimum absolute atomic E-state index is 0.0129. The molecule has 1 fully saturated rings. The van der Waals surface area contributed by atoms with Crippen molar-refractivity contribution >= 4 is 15.9 Å². The molecule has 1 unspecified atom stereocenters. The van der Waals surface area contributed by atoms with E-state index in [-0.39, 0.29) is 24.1 Å². The summed E-state index contributed by atoms with van der Waals surface area (Å²) in [6, 6.07) is 4.85. The molecule has 0 radical (unpaired) electrons. The minimum Gasteiger partial charge on any atom is -0.374 e. The van der Waals surface area contributed by atoms with Crippen molar-refractivity contribution in [3.63, 3.8) is 0 Å². The predicted molar refractivity (Wildman–Crippen MR) is 75.6 cm³/mol. The lowest BCUT2D eigenvalue weighted by Crippen LogP contribution is -2.51. The zero-order valence-electron chi connectivity index (χ0n) is 11.2. The van der Waals surface area contributed by atoms with Crippen LogP contribution in [0.3, 0.4) is 0 Å². The van der Waals surface area contributed by atoms with E-state index in [0.29, 0.717) is 12.2 Å². The van der Waals surface area contributed by atoms with Crippen LogP contribution in [0, 0.1) is 5.82 Å². The first-order chi connectivity index (χ1) is 8.96. The third-order valence-corrected chi connectivity index (χ3v) is 3.47.